The molecule has 2 heteroatoms. The number of fused-ring (bicyclic) bond motifs is 1. The van der Waals surface area contributed by atoms with E-state index >= 15 is 0 Å². The van der Waals surface area contributed by atoms with Gasteiger partial charge in [-0.3, -0.25) is 0 Å². The average Bonchev–Trinajstić information content (AvgIpc) is 2.12. The Labute approximate surface area is 71.2 Å². The molecule has 0 spiro atoms. The van der Waals surface area contributed by atoms with Crippen LogP contribution < -0.4 is 0 Å². The summed E-state index contributed by atoms with van der Waals surface area (Å²) in [6.45, 7) is 2.14. The summed E-state index contributed by atoms with van der Waals surface area (Å²) in [7, 11) is 0. The molecule has 1 aromatic carbocycles. The van der Waals surface area contributed by atoms with Crippen LogP contribution in [0.25, 0.3) is 0 Å². The standard InChI is InChI=1S/C10H11FO/c1-7-8-4-2-3-5-9(8)10(11)6-12-7/h2-5,7,10H,6H2,1H3. The Morgan fingerprint density at radius 3 is 2.67 bits per heavy atom. The molecule has 2 atom stereocenters. The molecule has 1 aromatic rings. The number of ether oxygens (including phenoxy) is 1. The molecule has 1 nitrogen and oxygen atoms in total. The minimum Gasteiger partial charge on any atom is -0.370 e. The third-order valence-electron chi connectivity index (χ3n) is 2.26. The molecule has 1 heterocycles. The van der Waals surface area contributed by atoms with Crippen molar-refractivity contribution in [3.63, 3.8) is 0 Å². The van der Waals surface area contributed by atoms with E-state index < -0.39 is 6.17 Å². The van der Waals surface area contributed by atoms with Gasteiger partial charge in [-0.15, -0.1) is 0 Å². The fraction of sp³-hybridized carbons (Fsp3) is 0.400. The second-order valence-corrected chi connectivity index (χ2v) is 3.07. The van der Waals surface area contributed by atoms with E-state index in [0.717, 1.165) is 11.1 Å². The van der Waals surface area contributed by atoms with E-state index in [1.54, 1.807) is 0 Å². The Hall–Kier alpha value is -0.890. The molecule has 0 aromatic heterocycles. The highest BCUT2D eigenvalue weighted by atomic mass is 19.1. The molecule has 12 heavy (non-hydrogen) atoms. The van der Waals surface area contributed by atoms with E-state index in [4.69, 9.17) is 4.74 Å². The lowest BCUT2D eigenvalue weighted by atomic mass is 9.97. The molecule has 2 unspecified atom stereocenters. The van der Waals surface area contributed by atoms with Crippen molar-refractivity contribution >= 4 is 0 Å². The number of benzene rings is 1. The Morgan fingerprint density at radius 1 is 1.33 bits per heavy atom. The van der Waals surface area contributed by atoms with Crippen LogP contribution in [0.1, 0.15) is 30.3 Å². The van der Waals surface area contributed by atoms with Gasteiger partial charge in [-0.25, -0.2) is 4.39 Å². The fourth-order valence-corrected chi connectivity index (χ4v) is 1.57. The molecule has 2 rings (SSSR count). The van der Waals surface area contributed by atoms with Crippen LogP contribution >= 0.6 is 0 Å². The van der Waals surface area contributed by atoms with E-state index in [0.29, 0.717) is 0 Å². The highest BCUT2D eigenvalue weighted by molar-refractivity contribution is 5.32. The van der Waals surface area contributed by atoms with E-state index in [-0.39, 0.29) is 12.7 Å². The van der Waals surface area contributed by atoms with E-state index in [9.17, 15) is 4.39 Å². The molecule has 1 aliphatic rings. The molecule has 0 bridgehead atoms. The fourth-order valence-electron chi connectivity index (χ4n) is 1.57. The van der Waals surface area contributed by atoms with Gasteiger partial charge in [0.2, 0.25) is 0 Å². The molecule has 0 saturated carbocycles. The lowest BCUT2D eigenvalue weighted by Crippen LogP contribution is -2.16. The van der Waals surface area contributed by atoms with Crippen LogP contribution in [0, 0.1) is 0 Å². The van der Waals surface area contributed by atoms with Gasteiger partial charge in [0.25, 0.3) is 0 Å². The largest absolute Gasteiger partial charge is 0.370 e. The van der Waals surface area contributed by atoms with Gasteiger partial charge < -0.3 is 4.74 Å². The van der Waals surface area contributed by atoms with Crippen molar-refractivity contribution in [2.24, 2.45) is 0 Å². The van der Waals surface area contributed by atoms with Gasteiger partial charge in [-0.1, -0.05) is 24.3 Å². The van der Waals surface area contributed by atoms with Gasteiger partial charge in [-0.05, 0) is 18.1 Å². The summed E-state index contributed by atoms with van der Waals surface area (Å²) in [6, 6.07) is 7.53. The number of halogens is 1. The van der Waals surface area contributed by atoms with Crippen LogP contribution in [0.4, 0.5) is 4.39 Å². The molecule has 0 N–H and O–H groups in total. The zero-order valence-corrected chi connectivity index (χ0v) is 6.96. The maximum Gasteiger partial charge on any atom is 0.149 e. The van der Waals surface area contributed by atoms with Crippen molar-refractivity contribution in [1.82, 2.24) is 0 Å². The first kappa shape index (κ1) is 7.74. The maximum atomic E-state index is 13.2. The predicted molar refractivity (Wildman–Crippen MR) is 44.7 cm³/mol. The highest BCUT2D eigenvalue weighted by Gasteiger charge is 2.23. The Kier molecular flexibility index (Phi) is 1.85. The lowest BCUT2D eigenvalue weighted by Gasteiger charge is -2.25. The SMILES string of the molecule is CC1OCC(F)c2ccccc21. The first-order chi connectivity index (χ1) is 5.79. The summed E-state index contributed by atoms with van der Waals surface area (Å²) in [5.41, 5.74) is 1.77. The van der Waals surface area contributed by atoms with Crippen LogP contribution in [0.5, 0.6) is 0 Å². The summed E-state index contributed by atoms with van der Waals surface area (Å²) in [5, 5.41) is 0. The maximum absolute atomic E-state index is 13.2. The van der Waals surface area contributed by atoms with Crippen LogP contribution in [0.15, 0.2) is 24.3 Å². The summed E-state index contributed by atoms with van der Waals surface area (Å²) in [4.78, 5) is 0. The molecule has 0 saturated heterocycles. The van der Waals surface area contributed by atoms with Crippen molar-refractivity contribution in [1.29, 1.82) is 0 Å². The molecular formula is C10H11FO. The Bertz CT molecular complexity index is 256. The minimum atomic E-state index is -0.947. The van der Waals surface area contributed by atoms with E-state index in [2.05, 4.69) is 0 Å². The number of alkyl halides is 1. The second kappa shape index (κ2) is 2.87. The Balaban J connectivity index is 2.47. The molecule has 1 aliphatic heterocycles. The van der Waals surface area contributed by atoms with Crippen LogP contribution in [0.2, 0.25) is 0 Å². The molecule has 0 aliphatic carbocycles. The molecule has 64 valence electrons. The summed E-state index contributed by atoms with van der Waals surface area (Å²) < 4.78 is 18.5. The highest BCUT2D eigenvalue weighted by Crippen LogP contribution is 2.33. The minimum absolute atomic E-state index is 0.0354. The van der Waals surface area contributed by atoms with Crippen molar-refractivity contribution in [2.45, 2.75) is 19.2 Å². The molecule has 0 fully saturated rings. The van der Waals surface area contributed by atoms with Crippen LogP contribution in [-0.2, 0) is 4.74 Å². The van der Waals surface area contributed by atoms with Crippen molar-refractivity contribution in [3.05, 3.63) is 35.4 Å². The van der Waals surface area contributed by atoms with Gasteiger partial charge in [0.1, 0.15) is 6.17 Å². The van der Waals surface area contributed by atoms with E-state index in [1.165, 1.54) is 0 Å². The second-order valence-electron chi connectivity index (χ2n) is 3.07. The molecule has 0 radical (unpaired) electrons. The van der Waals surface area contributed by atoms with Crippen molar-refractivity contribution < 1.29 is 9.13 Å². The summed E-state index contributed by atoms with van der Waals surface area (Å²) >= 11 is 0. The van der Waals surface area contributed by atoms with Gasteiger partial charge in [0, 0.05) is 0 Å². The van der Waals surface area contributed by atoms with Crippen LogP contribution in [-0.4, -0.2) is 6.61 Å². The third kappa shape index (κ3) is 1.12. The van der Waals surface area contributed by atoms with Gasteiger partial charge in [0.15, 0.2) is 0 Å². The monoisotopic (exact) mass is 166 g/mol. The van der Waals surface area contributed by atoms with E-state index in [1.807, 2.05) is 31.2 Å². The number of hydrogen-bond donors (Lipinski definition) is 0. The summed E-state index contributed by atoms with van der Waals surface area (Å²) in [5.74, 6) is 0. The third-order valence-corrected chi connectivity index (χ3v) is 2.26. The zero-order chi connectivity index (χ0) is 8.55. The quantitative estimate of drug-likeness (QED) is 0.575. The van der Waals surface area contributed by atoms with Gasteiger partial charge in [-0.2, -0.15) is 0 Å². The van der Waals surface area contributed by atoms with Crippen LogP contribution in [0.3, 0.4) is 0 Å². The normalized spacial score (nSPS) is 28.2. The van der Waals surface area contributed by atoms with Gasteiger partial charge in [0.05, 0.1) is 12.7 Å². The Morgan fingerprint density at radius 2 is 2.00 bits per heavy atom. The van der Waals surface area contributed by atoms with Gasteiger partial charge >= 0.3 is 0 Å². The topological polar surface area (TPSA) is 9.23 Å². The average molecular weight is 166 g/mol. The smallest absolute Gasteiger partial charge is 0.149 e. The van der Waals surface area contributed by atoms with Crippen molar-refractivity contribution in [3.8, 4) is 0 Å². The molecule has 0 amide bonds. The first-order valence-electron chi connectivity index (χ1n) is 4.13. The van der Waals surface area contributed by atoms with Crippen molar-refractivity contribution in [2.75, 3.05) is 6.61 Å². The molecular weight excluding hydrogens is 155 g/mol. The lowest BCUT2D eigenvalue weighted by molar-refractivity contribution is 0.00915. The zero-order valence-electron chi connectivity index (χ0n) is 6.96. The summed E-state index contributed by atoms with van der Waals surface area (Å²) in [6.07, 6.45) is -0.911. The number of rotatable bonds is 0. The first-order valence-corrected chi connectivity index (χ1v) is 4.13. The predicted octanol–water partition coefficient (Wildman–Crippen LogP) is 2.79. The number of hydrogen-bond acceptors (Lipinski definition) is 1.